The first-order valence-corrected chi connectivity index (χ1v) is 8.84. The number of ether oxygens (including phenoxy) is 1. The van der Waals surface area contributed by atoms with Crippen LogP contribution in [-0.4, -0.2) is 21.1 Å². The minimum Gasteiger partial charge on any atom is -0.508 e. The molecule has 28 heavy (non-hydrogen) atoms. The highest BCUT2D eigenvalue weighted by molar-refractivity contribution is 6.04. The number of benzene rings is 3. The lowest BCUT2D eigenvalue weighted by atomic mass is 9.93. The van der Waals surface area contributed by atoms with Gasteiger partial charge in [-0.1, -0.05) is 48.5 Å². The quantitative estimate of drug-likeness (QED) is 0.580. The number of carbonyl (C=O) groups excluding carboxylic acids is 1. The number of aromatic hydroxyl groups is 3. The zero-order valence-electron chi connectivity index (χ0n) is 14.9. The minimum absolute atomic E-state index is 0.0535. The fraction of sp³-hybridized carbons (Fsp3) is 0.0870. The van der Waals surface area contributed by atoms with Crippen molar-refractivity contribution in [2.75, 3.05) is 0 Å². The third-order valence-electron chi connectivity index (χ3n) is 4.71. The van der Waals surface area contributed by atoms with Crippen molar-refractivity contribution in [2.24, 2.45) is 0 Å². The number of carbonyl (C=O) groups is 1. The van der Waals surface area contributed by atoms with E-state index in [-0.39, 0.29) is 46.3 Å². The van der Waals surface area contributed by atoms with E-state index in [0.717, 1.165) is 11.1 Å². The van der Waals surface area contributed by atoms with Crippen LogP contribution < -0.4 is 4.74 Å². The third kappa shape index (κ3) is 3.30. The highest BCUT2D eigenvalue weighted by Crippen LogP contribution is 2.45. The molecule has 3 N–H and O–H groups in total. The van der Waals surface area contributed by atoms with E-state index in [9.17, 15) is 20.1 Å². The molecule has 0 bridgehead atoms. The van der Waals surface area contributed by atoms with E-state index in [4.69, 9.17) is 4.74 Å². The molecule has 140 valence electrons. The molecule has 1 aliphatic heterocycles. The maximum Gasteiger partial charge on any atom is 0.174 e. The van der Waals surface area contributed by atoms with Gasteiger partial charge >= 0.3 is 0 Å². The third-order valence-corrected chi connectivity index (χ3v) is 4.71. The van der Waals surface area contributed by atoms with E-state index in [1.165, 1.54) is 18.2 Å². The van der Waals surface area contributed by atoms with Crippen molar-refractivity contribution in [1.29, 1.82) is 0 Å². The Morgan fingerprint density at radius 2 is 1.64 bits per heavy atom. The zero-order valence-corrected chi connectivity index (χ0v) is 14.9. The first kappa shape index (κ1) is 17.7. The number of fused-ring (bicyclic) bond motifs is 1. The molecule has 4 rings (SSSR count). The number of hydrogen-bond acceptors (Lipinski definition) is 5. The standard InChI is InChI=1S/C23H18O5/c24-16-9-7-15(8-10-16)20-13-19(26)22-21(28-20)12-18(25)17(23(22)27)11-6-14-4-2-1-3-5-14/h1-12,20,24-25,27H,13H2. The van der Waals surface area contributed by atoms with E-state index in [0.29, 0.717) is 0 Å². The minimum atomic E-state index is -0.551. The highest BCUT2D eigenvalue weighted by atomic mass is 16.5. The predicted octanol–water partition coefficient (Wildman–Crippen LogP) is 4.68. The van der Waals surface area contributed by atoms with E-state index in [1.54, 1.807) is 24.3 Å². The number of ketones is 1. The van der Waals surface area contributed by atoms with E-state index < -0.39 is 6.10 Å². The van der Waals surface area contributed by atoms with Gasteiger partial charge in [0.2, 0.25) is 0 Å². The molecule has 0 saturated carbocycles. The second-order valence-electron chi connectivity index (χ2n) is 6.60. The number of Topliss-reactive ketones (excluding diaryl/α,β-unsaturated/α-hetero) is 1. The Morgan fingerprint density at radius 3 is 2.36 bits per heavy atom. The molecule has 3 aromatic carbocycles. The summed E-state index contributed by atoms with van der Waals surface area (Å²) < 4.78 is 5.86. The average Bonchev–Trinajstić information content (AvgIpc) is 2.68. The maximum atomic E-state index is 12.7. The molecule has 1 atom stereocenters. The van der Waals surface area contributed by atoms with E-state index in [2.05, 4.69) is 0 Å². The van der Waals surface area contributed by atoms with E-state index in [1.807, 2.05) is 30.3 Å². The van der Waals surface area contributed by atoms with Crippen LogP contribution in [0.1, 0.15) is 39.6 Å². The Bertz CT molecular complexity index is 1050. The normalized spacial score (nSPS) is 16.0. The van der Waals surface area contributed by atoms with E-state index >= 15 is 0 Å². The molecule has 0 amide bonds. The van der Waals surface area contributed by atoms with Gasteiger partial charge in [-0.05, 0) is 29.3 Å². The monoisotopic (exact) mass is 374 g/mol. The Balaban J connectivity index is 1.69. The molecular formula is C23H18O5. The largest absolute Gasteiger partial charge is 0.508 e. The number of rotatable bonds is 3. The van der Waals surface area contributed by atoms with Crippen molar-refractivity contribution in [2.45, 2.75) is 12.5 Å². The summed E-state index contributed by atoms with van der Waals surface area (Å²) in [5.41, 5.74) is 1.86. The van der Waals surface area contributed by atoms with Crippen molar-refractivity contribution < 1.29 is 24.9 Å². The zero-order chi connectivity index (χ0) is 19.7. The fourth-order valence-electron chi connectivity index (χ4n) is 3.26. The van der Waals surface area contributed by atoms with Crippen molar-refractivity contribution in [3.63, 3.8) is 0 Å². The van der Waals surface area contributed by atoms with Gasteiger partial charge in [-0.25, -0.2) is 0 Å². The molecule has 0 radical (unpaired) electrons. The topological polar surface area (TPSA) is 87.0 Å². The number of phenolic OH excluding ortho intramolecular Hbond substituents is 3. The van der Waals surface area contributed by atoms with Crippen LogP contribution in [0.3, 0.4) is 0 Å². The summed E-state index contributed by atoms with van der Waals surface area (Å²) in [5, 5.41) is 30.4. The molecule has 1 aliphatic rings. The second-order valence-corrected chi connectivity index (χ2v) is 6.60. The summed E-state index contributed by atoms with van der Waals surface area (Å²) >= 11 is 0. The smallest absolute Gasteiger partial charge is 0.174 e. The van der Waals surface area contributed by atoms with Gasteiger partial charge in [0.15, 0.2) is 5.78 Å². The lowest BCUT2D eigenvalue weighted by Crippen LogP contribution is -2.20. The predicted molar refractivity (Wildman–Crippen MR) is 106 cm³/mol. The van der Waals surface area contributed by atoms with Gasteiger partial charge < -0.3 is 20.1 Å². The van der Waals surface area contributed by atoms with Crippen molar-refractivity contribution in [3.8, 4) is 23.0 Å². The molecular weight excluding hydrogens is 356 g/mol. The molecule has 0 fully saturated rings. The Labute approximate surface area is 161 Å². The second kappa shape index (κ2) is 7.12. The van der Waals surface area contributed by atoms with Crippen LogP contribution in [0.4, 0.5) is 0 Å². The first-order valence-electron chi connectivity index (χ1n) is 8.84. The molecule has 0 aliphatic carbocycles. The van der Waals surface area contributed by atoms with Crippen molar-refractivity contribution in [3.05, 3.63) is 82.9 Å². The Hall–Kier alpha value is -3.73. The molecule has 1 heterocycles. The molecule has 5 nitrogen and oxygen atoms in total. The van der Waals surface area contributed by atoms with Crippen LogP contribution in [-0.2, 0) is 0 Å². The summed E-state index contributed by atoms with van der Waals surface area (Å²) in [6.07, 6.45) is 2.82. The van der Waals surface area contributed by atoms with Gasteiger partial charge in [0.1, 0.15) is 34.7 Å². The SMILES string of the molecule is O=C1CC(c2ccc(O)cc2)Oc2cc(O)c(C=Cc3ccccc3)c(O)c21. The van der Waals surface area contributed by atoms with Crippen LogP contribution in [0, 0.1) is 0 Å². The van der Waals surface area contributed by atoms with Gasteiger partial charge in [-0.15, -0.1) is 0 Å². The lowest BCUT2D eigenvalue weighted by Gasteiger charge is -2.27. The van der Waals surface area contributed by atoms with Gasteiger partial charge in [0, 0.05) is 6.07 Å². The number of phenols is 3. The van der Waals surface area contributed by atoms with Crippen LogP contribution in [0.5, 0.6) is 23.0 Å². The van der Waals surface area contributed by atoms with Gasteiger partial charge in [-0.2, -0.15) is 0 Å². The maximum absolute atomic E-state index is 12.7. The van der Waals surface area contributed by atoms with Gasteiger partial charge in [0.05, 0.1) is 12.0 Å². The molecule has 3 aromatic rings. The van der Waals surface area contributed by atoms with Crippen LogP contribution in [0.25, 0.3) is 12.2 Å². The first-order chi connectivity index (χ1) is 13.5. The van der Waals surface area contributed by atoms with Crippen LogP contribution in [0.2, 0.25) is 0 Å². The molecule has 0 spiro atoms. The van der Waals surface area contributed by atoms with Crippen LogP contribution >= 0.6 is 0 Å². The number of hydrogen-bond donors (Lipinski definition) is 3. The average molecular weight is 374 g/mol. The van der Waals surface area contributed by atoms with Gasteiger partial charge in [0.25, 0.3) is 0 Å². The summed E-state index contributed by atoms with van der Waals surface area (Å²) in [7, 11) is 0. The van der Waals surface area contributed by atoms with Gasteiger partial charge in [-0.3, -0.25) is 4.79 Å². The summed E-state index contributed by atoms with van der Waals surface area (Å²) in [6.45, 7) is 0. The summed E-state index contributed by atoms with van der Waals surface area (Å²) in [6, 6.07) is 17.2. The Kier molecular flexibility index (Phi) is 4.49. The lowest BCUT2D eigenvalue weighted by molar-refractivity contribution is 0.0844. The molecule has 5 heteroatoms. The molecule has 0 saturated heterocycles. The molecule has 0 aromatic heterocycles. The van der Waals surface area contributed by atoms with Crippen LogP contribution in [0.15, 0.2) is 60.7 Å². The molecule has 1 unspecified atom stereocenters. The van der Waals surface area contributed by atoms with Crippen molar-refractivity contribution >= 4 is 17.9 Å². The highest BCUT2D eigenvalue weighted by Gasteiger charge is 2.32. The fourth-order valence-corrected chi connectivity index (χ4v) is 3.26. The Morgan fingerprint density at radius 1 is 0.929 bits per heavy atom. The summed E-state index contributed by atoms with van der Waals surface area (Å²) in [5.74, 6) is -0.484. The summed E-state index contributed by atoms with van der Waals surface area (Å²) in [4.78, 5) is 12.7. The van der Waals surface area contributed by atoms with Crippen molar-refractivity contribution in [1.82, 2.24) is 0 Å².